The summed E-state index contributed by atoms with van der Waals surface area (Å²) in [6, 6.07) is 0. The van der Waals surface area contributed by atoms with Gasteiger partial charge in [-0.05, 0) is 32.6 Å². The number of hydrogen-bond acceptors (Lipinski definition) is 1. The summed E-state index contributed by atoms with van der Waals surface area (Å²) in [4.78, 5) is 0. The number of unbranched alkanes of at least 4 members (excludes halogenated alkanes) is 5. The molecule has 0 spiro atoms. The molecule has 0 atom stereocenters. The molecule has 0 aromatic rings. The summed E-state index contributed by atoms with van der Waals surface area (Å²) >= 11 is 0. The van der Waals surface area contributed by atoms with Gasteiger partial charge in [-0.1, -0.05) is 59.3 Å². The lowest BCUT2D eigenvalue weighted by Gasteiger charge is -2.30. The maximum absolute atomic E-state index is 3.62. The van der Waals surface area contributed by atoms with Gasteiger partial charge in [0.1, 0.15) is 0 Å². The Bertz CT molecular complexity index is 176. The lowest BCUT2D eigenvalue weighted by Crippen LogP contribution is -2.41. The van der Waals surface area contributed by atoms with Crippen LogP contribution in [0.5, 0.6) is 0 Å². The fourth-order valence-corrected chi connectivity index (χ4v) is 1.98. The molecule has 1 nitrogen and oxygen atoms in total. The van der Waals surface area contributed by atoms with Crippen LogP contribution in [0.25, 0.3) is 0 Å². The van der Waals surface area contributed by atoms with Crippen LogP contribution in [0.15, 0.2) is 0 Å². The van der Waals surface area contributed by atoms with Gasteiger partial charge in [0.25, 0.3) is 0 Å². The molecule has 0 unspecified atom stereocenters. The smallest absolute Gasteiger partial charge is 0.00967 e. The Morgan fingerprint density at radius 3 is 1.82 bits per heavy atom. The molecule has 1 N–H and O–H groups in total. The summed E-state index contributed by atoms with van der Waals surface area (Å²) in [7, 11) is 0. The highest BCUT2D eigenvalue weighted by Gasteiger charge is 2.20. The zero-order chi connectivity index (χ0) is 13.4. The van der Waals surface area contributed by atoms with E-state index in [0.717, 1.165) is 6.54 Å². The van der Waals surface area contributed by atoms with E-state index in [1.54, 1.807) is 0 Å². The van der Waals surface area contributed by atoms with Gasteiger partial charge < -0.3 is 5.32 Å². The van der Waals surface area contributed by atoms with Crippen LogP contribution in [-0.2, 0) is 0 Å². The molecular weight excluding hydrogens is 206 g/mol. The lowest BCUT2D eigenvalue weighted by atomic mass is 9.86. The maximum Gasteiger partial charge on any atom is 0.00967 e. The van der Waals surface area contributed by atoms with Gasteiger partial charge in [-0.2, -0.15) is 0 Å². The van der Waals surface area contributed by atoms with Crippen LogP contribution in [0.4, 0.5) is 0 Å². The fraction of sp³-hybridized carbons (Fsp3) is 1.00. The van der Waals surface area contributed by atoms with E-state index in [4.69, 9.17) is 0 Å². The maximum atomic E-state index is 3.62. The van der Waals surface area contributed by atoms with Gasteiger partial charge in [0.05, 0.1) is 0 Å². The number of hydrogen-bond donors (Lipinski definition) is 1. The Morgan fingerprint density at radius 2 is 1.29 bits per heavy atom. The van der Waals surface area contributed by atoms with E-state index in [9.17, 15) is 0 Å². The molecule has 0 rings (SSSR count). The highest BCUT2D eigenvalue weighted by atomic mass is 14.9. The largest absolute Gasteiger partial charge is 0.312 e. The molecule has 104 valence electrons. The van der Waals surface area contributed by atoms with Gasteiger partial charge in [-0.15, -0.1) is 0 Å². The van der Waals surface area contributed by atoms with Crippen molar-refractivity contribution in [3.05, 3.63) is 0 Å². The first-order valence-corrected chi connectivity index (χ1v) is 7.52. The zero-order valence-corrected chi connectivity index (χ0v) is 13.2. The Kier molecular flexibility index (Phi) is 8.11. The minimum atomic E-state index is 0.248. The molecule has 0 aliphatic rings. The molecule has 0 amide bonds. The van der Waals surface area contributed by atoms with Crippen LogP contribution >= 0.6 is 0 Å². The van der Waals surface area contributed by atoms with Crippen molar-refractivity contribution in [2.75, 3.05) is 6.54 Å². The molecule has 0 radical (unpaired) electrons. The highest BCUT2D eigenvalue weighted by molar-refractivity contribution is 4.78. The molecule has 0 aromatic heterocycles. The highest BCUT2D eigenvalue weighted by Crippen LogP contribution is 2.24. The van der Waals surface area contributed by atoms with Crippen LogP contribution in [0, 0.1) is 5.41 Å². The summed E-state index contributed by atoms with van der Waals surface area (Å²) in [5, 5.41) is 3.62. The van der Waals surface area contributed by atoms with Gasteiger partial charge in [-0.3, -0.25) is 0 Å². The molecule has 0 saturated carbocycles. The first kappa shape index (κ1) is 17.0. The minimum absolute atomic E-state index is 0.248. The molecule has 1 heteroatoms. The summed E-state index contributed by atoms with van der Waals surface area (Å²) in [5.41, 5.74) is 0.691. The quantitative estimate of drug-likeness (QED) is 0.550. The minimum Gasteiger partial charge on any atom is -0.312 e. The zero-order valence-electron chi connectivity index (χ0n) is 13.2. The standard InChI is InChI=1S/C16H35N/c1-7-8-9-10-11-12-13-16(5,6)14-17-15(2,3)4/h17H,7-14H2,1-6H3. The molecule has 17 heavy (non-hydrogen) atoms. The van der Waals surface area contributed by atoms with E-state index in [1.165, 1.54) is 44.9 Å². The summed E-state index contributed by atoms with van der Waals surface area (Å²) < 4.78 is 0. The van der Waals surface area contributed by atoms with Gasteiger partial charge in [0, 0.05) is 12.1 Å². The Balaban J connectivity index is 3.57. The van der Waals surface area contributed by atoms with Crippen LogP contribution in [0.1, 0.15) is 86.5 Å². The Labute approximate surface area is 110 Å². The van der Waals surface area contributed by atoms with Crippen molar-refractivity contribution >= 4 is 0 Å². The van der Waals surface area contributed by atoms with Crippen LogP contribution in [0.2, 0.25) is 0 Å². The molecular formula is C16H35N. The molecule has 0 aliphatic heterocycles. The van der Waals surface area contributed by atoms with E-state index in [1.807, 2.05) is 0 Å². The third-order valence-corrected chi connectivity index (χ3v) is 3.30. The Hall–Kier alpha value is -0.0400. The van der Waals surface area contributed by atoms with E-state index >= 15 is 0 Å². The molecule has 0 saturated heterocycles. The first-order chi connectivity index (χ1) is 7.77. The lowest BCUT2D eigenvalue weighted by molar-refractivity contribution is 0.265. The van der Waals surface area contributed by atoms with E-state index in [-0.39, 0.29) is 5.54 Å². The SMILES string of the molecule is CCCCCCCCC(C)(C)CNC(C)(C)C. The third-order valence-electron chi connectivity index (χ3n) is 3.30. The second-order valence-electron chi connectivity index (χ2n) is 7.29. The van der Waals surface area contributed by atoms with E-state index in [0.29, 0.717) is 5.41 Å². The van der Waals surface area contributed by atoms with Crippen LogP contribution in [0.3, 0.4) is 0 Å². The second kappa shape index (κ2) is 8.13. The van der Waals surface area contributed by atoms with Crippen molar-refractivity contribution in [3.8, 4) is 0 Å². The monoisotopic (exact) mass is 241 g/mol. The molecule has 0 fully saturated rings. The number of rotatable bonds is 9. The van der Waals surface area contributed by atoms with Crippen molar-refractivity contribution in [1.29, 1.82) is 0 Å². The summed E-state index contributed by atoms with van der Waals surface area (Å²) in [5.74, 6) is 0. The first-order valence-electron chi connectivity index (χ1n) is 7.52. The van der Waals surface area contributed by atoms with Gasteiger partial charge in [0.2, 0.25) is 0 Å². The van der Waals surface area contributed by atoms with Gasteiger partial charge in [0.15, 0.2) is 0 Å². The van der Waals surface area contributed by atoms with Crippen molar-refractivity contribution in [2.24, 2.45) is 5.41 Å². The third kappa shape index (κ3) is 12.2. The van der Waals surface area contributed by atoms with Crippen LogP contribution < -0.4 is 5.32 Å². The summed E-state index contributed by atoms with van der Waals surface area (Å²) in [6.07, 6.45) is 9.77. The van der Waals surface area contributed by atoms with Crippen molar-refractivity contribution in [3.63, 3.8) is 0 Å². The van der Waals surface area contributed by atoms with Crippen molar-refractivity contribution in [1.82, 2.24) is 5.32 Å². The van der Waals surface area contributed by atoms with Crippen molar-refractivity contribution < 1.29 is 0 Å². The van der Waals surface area contributed by atoms with Crippen LogP contribution in [-0.4, -0.2) is 12.1 Å². The van der Waals surface area contributed by atoms with E-state index < -0.39 is 0 Å². The van der Waals surface area contributed by atoms with Gasteiger partial charge >= 0.3 is 0 Å². The predicted molar refractivity (Wildman–Crippen MR) is 79.5 cm³/mol. The molecule has 0 heterocycles. The van der Waals surface area contributed by atoms with Gasteiger partial charge in [-0.25, -0.2) is 0 Å². The molecule has 0 aromatic carbocycles. The molecule has 0 aliphatic carbocycles. The normalized spacial score (nSPS) is 13.1. The predicted octanol–water partition coefficient (Wildman–Crippen LogP) is 5.15. The van der Waals surface area contributed by atoms with Crippen molar-refractivity contribution in [2.45, 2.75) is 92.0 Å². The summed E-state index contributed by atoms with van der Waals surface area (Å²) in [6.45, 7) is 14.9. The average Bonchev–Trinajstić information content (AvgIpc) is 2.20. The van der Waals surface area contributed by atoms with E-state index in [2.05, 4.69) is 46.9 Å². The fourth-order valence-electron chi connectivity index (χ4n) is 1.98. The second-order valence-corrected chi connectivity index (χ2v) is 7.29. The topological polar surface area (TPSA) is 12.0 Å². The Morgan fingerprint density at radius 1 is 0.765 bits per heavy atom. The molecule has 0 bridgehead atoms. The number of nitrogens with one attached hydrogen (secondary N) is 1. The average molecular weight is 241 g/mol.